The number of likely N-dealkylation sites (tertiary alicyclic amines) is 1. The topological polar surface area (TPSA) is 61.8 Å². The van der Waals surface area contributed by atoms with Crippen molar-refractivity contribution in [1.29, 1.82) is 0 Å². The molecule has 0 radical (unpaired) electrons. The molecule has 0 bridgehead atoms. The minimum absolute atomic E-state index is 0.0687. The summed E-state index contributed by atoms with van der Waals surface area (Å²) < 4.78 is 43.4. The van der Waals surface area contributed by atoms with E-state index in [-0.39, 0.29) is 6.04 Å². The molecule has 1 aromatic heterocycles. The van der Waals surface area contributed by atoms with Crippen molar-refractivity contribution in [2.75, 3.05) is 26.7 Å². The van der Waals surface area contributed by atoms with Crippen LogP contribution in [0.25, 0.3) is 0 Å². The van der Waals surface area contributed by atoms with Crippen molar-refractivity contribution < 1.29 is 17.9 Å². The molecule has 2 N–H and O–H groups in total. The average Bonchev–Trinajstić information content (AvgIpc) is 3.15. The van der Waals surface area contributed by atoms with E-state index in [4.69, 9.17) is 4.74 Å². The van der Waals surface area contributed by atoms with Crippen molar-refractivity contribution in [2.24, 2.45) is 4.99 Å². The molecule has 162 valence electrons. The fourth-order valence-electron chi connectivity index (χ4n) is 3.29. The number of aliphatic imine (C=N–C) groups is 1. The van der Waals surface area contributed by atoms with E-state index in [0.717, 1.165) is 11.1 Å². The highest BCUT2D eigenvalue weighted by atomic mass is 19.4. The van der Waals surface area contributed by atoms with Gasteiger partial charge in [0.15, 0.2) is 5.96 Å². The summed E-state index contributed by atoms with van der Waals surface area (Å²) >= 11 is 0. The highest BCUT2D eigenvalue weighted by Gasteiger charge is 2.34. The van der Waals surface area contributed by atoms with E-state index < -0.39 is 12.7 Å². The molecule has 0 aliphatic carbocycles. The lowest BCUT2D eigenvalue weighted by molar-refractivity contribution is -0.143. The van der Waals surface area contributed by atoms with Crippen LogP contribution in [0.15, 0.2) is 53.7 Å². The van der Waals surface area contributed by atoms with Gasteiger partial charge >= 0.3 is 6.18 Å². The van der Waals surface area contributed by atoms with Crippen LogP contribution in [0.1, 0.15) is 17.5 Å². The number of rotatable bonds is 7. The molecule has 1 saturated heterocycles. The Labute approximate surface area is 174 Å². The molecular weight excluding hydrogens is 395 g/mol. The Bertz CT molecular complexity index is 829. The standard InChI is InChI=1S/C21H26F3N5O/c1-25-20(28-18-8-10-29(13-18)15-21(22,23)24)27-12-17-7-9-26-19(11-17)30-14-16-5-3-2-4-6-16/h2-7,9,11,18H,8,10,12-15H2,1H3,(H2,25,27,28). The SMILES string of the molecule is CN=C(NCc1ccnc(OCc2ccccc2)c1)NC1CCN(CC(F)(F)F)C1. The van der Waals surface area contributed by atoms with E-state index in [1.54, 1.807) is 13.2 Å². The zero-order valence-corrected chi connectivity index (χ0v) is 16.8. The van der Waals surface area contributed by atoms with Gasteiger partial charge in [0.05, 0.1) is 6.54 Å². The van der Waals surface area contributed by atoms with Gasteiger partial charge in [-0.15, -0.1) is 0 Å². The van der Waals surface area contributed by atoms with E-state index in [9.17, 15) is 13.2 Å². The van der Waals surface area contributed by atoms with Crippen LogP contribution in [0, 0.1) is 0 Å². The summed E-state index contributed by atoms with van der Waals surface area (Å²) in [4.78, 5) is 9.81. The summed E-state index contributed by atoms with van der Waals surface area (Å²) in [6, 6.07) is 13.5. The van der Waals surface area contributed by atoms with E-state index in [2.05, 4.69) is 20.6 Å². The number of pyridine rings is 1. The fourth-order valence-corrected chi connectivity index (χ4v) is 3.29. The highest BCUT2D eigenvalue weighted by molar-refractivity contribution is 5.80. The second-order valence-corrected chi connectivity index (χ2v) is 7.18. The maximum atomic E-state index is 12.5. The number of hydrogen-bond acceptors (Lipinski definition) is 4. The Kier molecular flexibility index (Phi) is 7.51. The molecule has 1 aromatic carbocycles. The third kappa shape index (κ3) is 7.22. The summed E-state index contributed by atoms with van der Waals surface area (Å²) in [6.07, 6.45) is -1.85. The highest BCUT2D eigenvalue weighted by Crippen LogP contribution is 2.20. The molecule has 30 heavy (non-hydrogen) atoms. The van der Waals surface area contributed by atoms with E-state index in [0.29, 0.717) is 44.5 Å². The quantitative estimate of drug-likeness (QED) is 0.532. The first-order valence-electron chi connectivity index (χ1n) is 9.79. The van der Waals surface area contributed by atoms with Gasteiger partial charge in [-0.3, -0.25) is 9.89 Å². The smallest absolute Gasteiger partial charge is 0.401 e. The summed E-state index contributed by atoms with van der Waals surface area (Å²) in [5.41, 5.74) is 2.02. The largest absolute Gasteiger partial charge is 0.473 e. The fraction of sp³-hybridized carbons (Fsp3) is 0.429. The maximum absolute atomic E-state index is 12.5. The summed E-state index contributed by atoms with van der Waals surface area (Å²) in [6.45, 7) is 0.806. The monoisotopic (exact) mass is 421 g/mol. The predicted molar refractivity (Wildman–Crippen MR) is 109 cm³/mol. The zero-order chi connectivity index (χ0) is 21.4. The van der Waals surface area contributed by atoms with Crippen molar-refractivity contribution >= 4 is 5.96 Å². The van der Waals surface area contributed by atoms with Gasteiger partial charge in [0.25, 0.3) is 0 Å². The number of benzene rings is 1. The maximum Gasteiger partial charge on any atom is 0.401 e. The predicted octanol–water partition coefficient (Wildman–Crippen LogP) is 2.96. The summed E-state index contributed by atoms with van der Waals surface area (Å²) in [5, 5.41) is 6.39. The number of nitrogens with zero attached hydrogens (tertiary/aromatic N) is 3. The van der Waals surface area contributed by atoms with Gasteiger partial charge in [0.2, 0.25) is 5.88 Å². The number of ether oxygens (including phenoxy) is 1. The van der Waals surface area contributed by atoms with Crippen molar-refractivity contribution in [3.8, 4) is 5.88 Å². The number of halogens is 3. The van der Waals surface area contributed by atoms with Crippen LogP contribution in [0.2, 0.25) is 0 Å². The zero-order valence-electron chi connectivity index (χ0n) is 16.8. The van der Waals surface area contributed by atoms with Gasteiger partial charge in [-0.05, 0) is 23.6 Å². The van der Waals surface area contributed by atoms with Gasteiger partial charge in [0.1, 0.15) is 6.61 Å². The van der Waals surface area contributed by atoms with Crippen molar-refractivity contribution in [3.63, 3.8) is 0 Å². The van der Waals surface area contributed by atoms with Crippen molar-refractivity contribution in [1.82, 2.24) is 20.5 Å². The lowest BCUT2D eigenvalue weighted by Gasteiger charge is -2.20. The van der Waals surface area contributed by atoms with Crippen molar-refractivity contribution in [3.05, 3.63) is 59.8 Å². The Morgan fingerprint density at radius 2 is 2.03 bits per heavy atom. The van der Waals surface area contributed by atoms with Crippen LogP contribution in [-0.2, 0) is 13.2 Å². The lowest BCUT2D eigenvalue weighted by Crippen LogP contribution is -2.44. The Morgan fingerprint density at radius 1 is 1.23 bits per heavy atom. The number of hydrogen-bond donors (Lipinski definition) is 2. The van der Waals surface area contributed by atoms with Gasteiger partial charge < -0.3 is 15.4 Å². The number of aromatic nitrogens is 1. The third-order valence-corrected chi connectivity index (χ3v) is 4.73. The lowest BCUT2D eigenvalue weighted by atomic mass is 10.2. The van der Waals surface area contributed by atoms with Crippen LogP contribution in [0.4, 0.5) is 13.2 Å². The molecule has 0 spiro atoms. The molecule has 1 unspecified atom stereocenters. The molecule has 3 rings (SSSR count). The minimum atomic E-state index is -4.17. The summed E-state index contributed by atoms with van der Waals surface area (Å²) in [7, 11) is 1.64. The molecule has 1 fully saturated rings. The van der Waals surface area contributed by atoms with Crippen LogP contribution in [0.3, 0.4) is 0 Å². The number of guanidine groups is 1. The molecule has 1 atom stereocenters. The number of nitrogens with one attached hydrogen (secondary N) is 2. The van der Waals surface area contributed by atoms with Gasteiger partial charge in [0, 0.05) is 45.0 Å². The first-order chi connectivity index (χ1) is 14.4. The van der Waals surface area contributed by atoms with Crippen LogP contribution in [0.5, 0.6) is 5.88 Å². The molecular formula is C21H26F3N5O. The van der Waals surface area contributed by atoms with E-state index in [1.807, 2.05) is 42.5 Å². The molecule has 2 aromatic rings. The first kappa shape index (κ1) is 21.9. The van der Waals surface area contributed by atoms with E-state index in [1.165, 1.54) is 4.90 Å². The molecule has 2 heterocycles. The van der Waals surface area contributed by atoms with Crippen LogP contribution >= 0.6 is 0 Å². The van der Waals surface area contributed by atoms with Gasteiger partial charge in [-0.25, -0.2) is 4.98 Å². The Morgan fingerprint density at radius 3 is 2.77 bits per heavy atom. The Hall–Kier alpha value is -2.81. The summed E-state index contributed by atoms with van der Waals surface area (Å²) in [5.74, 6) is 1.08. The molecule has 1 aliphatic rings. The molecule has 6 nitrogen and oxygen atoms in total. The first-order valence-corrected chi connectivity index (χ1v) is 9.79. The second kappa shape index (κ2) is 10.3. The van der Waals surface area contributed by atoms with Gasteiger partial charge in [-0.2, -0.15) is 13.2 Å². The van der Waals surface area contributed by atoms with Crippen molar-refractivity contribution in [2.45, 2.75) is 31.8 Å². The normalized spacial score (nSPS) is 17.7. The molecule has 0 amide bonds. The molecule has 0 saturated carbocycles. The molecule has 9 heteroatoms. The second-order valence-electron chi connectivity index (χ2n) is 7.18. The minimum Gasteiger partial charge on any atom is -0.473 e. The van der Waals surface area contributed by atoms with E-state index >= 15 is 0 Å². The average molecular weight is 421 g/mol. The third-order valence-electron chi connectivity index (χ3n) is 4.73. The van der Waals surface area contributed by atoms with Crippen LogP contribution in [-0.4, -0.2) is 54.7 Å². The number of alkyl halides is 3. The Balaban J connectivity index is 1.46. The van der Waals surface area contributed by atoms with Crippen LogP contribution < -0.4 is 15.4 Å². The molecule has 1 aliphatic heterocycles. The van der Waals surface area contributed by atoms with Gasteiger partial charge in [-0.1, -0.05) is 30.3 Å².